The third-order valence-corrected chi connectivity index (χ3v) is 13.9. The van der Waals surface area contributed by atoms with Crippen LogP contribution < -0.4 is 22.2 Å². The summed E-state index contributed by atoms with van der Waals surface area (Å²) in [6, 6.07) is 58.8. The van der Waals surface area contributed by atoms with Gasteiger partial charge in [0.1, 0.15) is 28.6 Å². The van der Waals surface area contributed by atoms with Crippen molar-refractivity contribution in [2.24, 2.45) is 0 Å². The minimum absolute atomic E-state index is 0.0324. The Labute approximate surface area is 470 Å². The van der Waals surface area contributed by atoms with Gasteiger partial charge >= 0.3 is 0 Å². The Morgan fingerprint density at radius 1 is 0.362 bits per heavy atom. The van der Waals surface area contributed by atoms with Crippen LogP contribution in [0.4, 0.5) is 4.39 Å². The Kier molecular flexibility index (Phi) is 17.4. The van der Waals surface area contributed by atoms with E-state index in [-0.39, 0.29) is 28.1 Å². The van der Waals surface area contributed by atoms with Gasteiger partial charge in [0.25, 0.3) is 22.2 Å². The van der Waals surface area contributed by atoms with E-state index in [0.717, 1.165) is 55.3 Å². The second kappa shape index (κ2) is 25.1. The lowest BCUT2D eigenvalue weighted by molar-refractivity contribution is 0.628. The van der Waals surface area contributed by atoms with Crippen LogP contribution in [0.5, 0.6) is 0 Å². The van der Waals surface area contributed by atoms with Crippen molar-refractivity contribution >= 4 is 67.3 Å². The first-order valence-electron chi connectivity index (χ1n) is 26.2. The second-order valence-corrected chi connectivity index (χ2v) is 19.2. The van der Waals surface area contributed by atoms with E-state index in [1.807, 2.05) is 186 Å². The number of hydrogen-bond acceptors (Lipinski definition) is 8. The van der Waals surface area contributed by atoms with E-state index in [4.69, 9.17) is 23.2 Å². The molecule has 0 saturated carbocycles. The number of hydrogen-bond donors (Lipinski definition) is 0. The van der Waals surface area contributed by atoms with Crippen LogP contribution in [-0.2, 0) is 26.2 Å². The Hall–Kier alpha value is -9.17. The first-order valence-corrected chi connectivity index (χ1v) is 26.9. The summed E-state index contributed by atoms with van der Waals surface area (Å²) in [4.78, 5) is 68.3. The lowest BCUT2D eigenvalue weighted by atomic mass is 10.1. The summed E-state index contributed by atoms with van der Waals surface area (Å²) in [7, 11) is 0. The molecule has 0 fully saturated rings. The van der Waals surface area contributed by atoms with Crippen molar-refractivity contribution in [1.29, 1.82) is 0 Å². The van der Waals surface area contributed by atoms with Gasteiger partial charge in [-0.2, -0.15) is 0 Å². The monoisotopic (exact) mass is 1100 g/mol. The molecule has 8 aromatic carbocycles. The van der Waals surface area contributed by atoms with Crippen molar-refractivity contribution < 1.29 is 4.39 Å². The average molecular weight is 1100 g/mol. The van der Waals surface area contributed by atoms with Gasteiger partial charge in [-0.3, -0.25) is 19.2 Å². The fourth-order valence-corrected chi connectivity index (χ4v) is 9.70. The third-order valence-electron chi connectivity index (χ3n) is 13.4. The smallest absolute Gasteiger partial charge is 0.277 e. The maximum absolute atomic E-state index is 13.0. The van der Waals surface area contributed by atoms with Gasteiger partial charge in [0.15, 0.2) is 0 Å². The largest absolute Gasteiger partial charge is 0.305 e. The SMILES string of the molecule is CCn1c(=O)c(-c2ccc(C)cc2)nc2ccccc21.CCn1c(=O)c(-c2ccc(Cl)cc2)nc2ccccc21.CCn1c(=O)c(-c2ccc(F)cc2)nc2ccccc21.CCn1c(=O)c(-c2ccccc2Cl)nc2ccccc21. The highest BCUT2D eigenvalue weighted by molar-refractivity contribution is 6.33. The molecule has 4 heterocycles. The lowest BCUT2D eigenvalue weighted by Crippen LogP contribution is -2.23. The minimum Gasteiger partial charge on any atom is -0.305 e. The lowest BCUT2D eigenvalue weighted by Gasteiger charge is -2.11. The average Bonchev–Trinajstić information content (AvgIpc) is 3.48. The summed E-state index contributed by atoms with van der Waals surface area (Å²) < 4.78 is 19.9. The van der Waals surface area contributed by atoms with Gasteiger partial charge in [-0.1, -0.05) is 132 Å². The highest BCUT2D eigenvalue weighted by Gasteiger charge is 2.16. The van der Waals surface area contributed by atoms with Gasteiger partial charge in [0, 0.05) is 53.5 Å². The van der Waals surface area contributed by atoms with Crippen LogP contribution in [0, 0.1) is 12.7 Å². The summed E-state index contributed by atoms with van der Waals surface area (Å²) in [6.07, 6.45) is 0. The van der Waals surface area contributed by atoms with Gasteiger partial charge in [-0.25, -0.2) is 24.3 Å². The predicted octanol–water partition coefficient (Wildman–Crippen LogP) is 14.1. The molecule has 80 heavy (non-hydrogen) atoms. The molecule has 4 aromatic heterocycles. The zero-order valence-corrected chi connectivity index (χ0v) is 46.2. The van der Waals surface area contributed by atoms with Gasteiger partial charge < -0.3 is 18.3 Å². The van der Waals surface area contributed by atoms with E-state index < -0.39 is 0 Å². The van der Waals surface area contributed by atoms with Crippen molar-refractivity contribution in [2.75, 3.05) is 0 Å². The second-order valence-electron chi connectivity index (χ2n) is 18.4. The van der Waals surface area contributed by atoms with Crippen molar-refractivity contribution in [2.45, 2.75) is 60.8 Å². The Balaban J connectivity index is 0.000000129. The molecule has 0 aliphatic heterocycles. The Bertz CT molecular complexity index is 4110. The standard InChI is InChI=1S/C17H16N2O.2C16H13ClN2O.C16H13FN2O/c1-3-19-15-7-5-4-6-14(15)18-16(17(19)20)13-10-8-12(2)9-11-13;1-2-19-14-10-6-5-9-13(14)18-15(16(19)20)11-7-3-4-8-12(11)17;2*1-2-19-14-6-4-3-5-13(14)18-15(16(19)20)11-7-9-12(17)10-8-11/h4-11H,3H2,1-2H3;3*3-10H,2H2,1H3. The molecule has 12 aromatic rings. The Morgan fingerprint density at radius 2 is 0.650 bits per heavy atom. The van der Waals surface area contributed by atoms with Gasteiger partial charge in [0.2, 0.25) is 0 Å². The number of aryl methyl sites for hydroxylation is 5. The van der Waals surface area contributed by atoms with Crippen molar-refractivity contribution in [1.82, 2.24) is 38.2 Å². The molecule has 0 bridgehead atoms. The minimum atomic E-state index is -0.328. The fraction of sp³-hybridized carbons (Fsp3) is 0.138. The van der Waals surface area contributed by atoms with E-state index in [2.05, 4.69) is 19.9 Å². The van der Waals surface area contributed by atoms with Crippen LogP contribution in [0.2, 0.25) is 10.0 Å². The van der Waals surface area contributed by atoms with Crippen molar-refractivity contribution in [3.63, 3.8) is 0 Å². The normalized spacial score (nSPS) is 10.9. The maximum atomic E-state index is 13.0. The molecule has 0 spiro atoms. The zero-order valence-electron chi connectivity index (χ0n) is 44.6. The third kappa shape index (κ3) is 11.8. The van der Waals surface area contributed by atoms with Crippen LogP contribution in [0.25, 0.3) is 89.2 Å². The first-order chi connectivity index (χ1) is 38.8. The number of nitrogens with zero attached hydrogens (tertiary/aromatic N) is 8. The summed E-state index contributed by atoms with van der Waals surface area (Å²) >= 11 is 12.1. The Morgan fingerprint density at radius 3 is 1.00 bits per heavy atom. The molecular weight excluding hydrogens is 1050 g/mol. The van der Waals surface area contributed by atoms with Crippen molar-refractivity contribution in [3.05, 3.63) is 257 Å². The zero-order chi connectivity index (χ0) is 56.5. The fourth-order valence-electron chi connectivity index (χ4n) is 9.35. The molecule has 0 atom stereocenters. The highest BCUT2D eigenvalue weighted by Crippen LogP contribution is 2.26. The number of aromatic nitrogens is 8. The molecule has 0 aliphatic rings. The summed E-state index contributed by atoms with van der Waals surface area (Å²) in [6.45, 7) is 12.2. The van der Waals surface area contributed by atoms with Crippen molar-refractivity contribution in [3.8, 4) is 45.0 Å². The van der Waals surface area contributed by atoms with Gasteiger partial charge in [0.05, 0.1) is 49.2 Å². The van der Waals surface area contributed by atoms with Crippen LogP contribution in [0.15, 0.2) is 213 Å². The van der Waals surface area contributed by atoms with E-state index in [1.165, 1.54) is 17.7 Å². The molecule has 12 rings (SSSR count). The van der Waals surface area contributed by atoms with Crippen LogP contribution in [0.3, 0.4) is 0 Å². The molecular formula is C65H55Cl2FN8O4. The van der Waals surface area contributed by atoms with Crippen LogP contribution in [0.1, 0.15) is 33.3 Å². The molecule has 0 amide bonds. The molecule has 0 unspecified atom stereocenters. The summed E-state index contributed by atoms with van der Waals surface area (Å²) in [5.74, 6) is -0.328. The predicted molar refractivity (Wildman–Crippen MR) is 323 cm³/mol. The highest BCUT2D eigenvalue weighted by atomic mass is 35.5. The quantitative estimate of drug-likeness (QED) is 0.147. The first kappa shape index (κ1) is 55.6. The number of halogens is 3. The summed E-state index contributed by atoms with van der Waals surface area (Å²) in [5, 5.41) is 1.18. The summed E-state index contributed by atoms with van der Waals surface area (Å²) in [5.41, 5.74) is 12.1. The number of fused-ring (bicyclic) bond motifs is 4. The van der Waals surface area contributed by atoms with E-state index in [1.54, 1.807) is 48.6 Å². The van der Waals surface area contributed by atoms with E-state index >= 15 is 0 Å². The topological polar surface area (TPSA) is 140 Å². The molecule has 0 radical (unpaired) electrons. The molecule has 0 aliphatic carbocycles. The molecule has 0 N–H and O–H groups in total. The molecule has 12 nitrogen and oxygen atoms in total. The maximum Gasteiger partial charge on any atom is 0.277 e. The number of rotatable bonds is 8. The van der Waals surface area contributed by atoms with E-state index in [0.29, 0.717) is 70.1 Å². The van der Waals surface area contributed by atoms with Crippen LogP contribution in [-0.4, -0.2) is 38.2 Å². The van der Waals surface area contributed by atoms with Crippen LogP contribution >= 0.6 is 23.2 Å². The van der Waals surface area contributed by atoms with E-state index in [9.17, 15) is 23.6 Å². The molecule has 0 saturated heterocycles. The number of benzene rings is 8. The molecule has 400 valence electrons. The van der Waals surface area contributed by atoms with Gasteiger partial charge in [-0.05, 0) is 126 Å². The molecule has 15 heteroatoms. The number of para-hydroxylation sites is 8. The van der Waals surface area contributed by atoms with Gasteiger partial charge in [-0.15, -0.1) is 0 Å².